The van der Waals surface area contributed by atoms with E-state index >= 15 is 0 Å². The molecule has 2 aromatic rings. The van der Waals surface area contributed by atoms with Crippen molar-refractivity contribution in [1.82, 2.24) is 5.32 Å². The Hall–Kier alpha value is -0.830. The molecular formula is C18H20ClNS. The van der Waals surface area contributed by atoms with Crippen molar-refractivity contribution in [2.75, 3.05) is 0 Å². The predicted molar refractivity (Wildman–Crippen MR) is 90.4 cm³/mol. The van der Waals surface area contributed by atoms with Gasteiger partial charge in [0, 0.05) is 17.0 Å². The van der Waals surface area contributed by atoms with Crippen LogP contribution in [0.15, 0.2) is 30.3 Å². The lowest BCUT2D eigenvalue weighted by Crippen LogP contribution is -2.38. The van der Waals surface area contributed by atoms with Gasteiger partial charge in [-0.2, -0.15) is 0 Å². The average molecular weight is 318 g/mol. The third-order valence-corrected chi connectivity index (χ3v) is 6.21. The Kier molecular flexibility index (Phi) is 3.78. The second-order valence-electron chi connectivity index (χ2n) is 6.25. The highest BCUT2D eigenvalue weighted by Crippen LogP contribution is 2.38. The highest BCUT2D eigenvalue weighted by atomic mass is 35.5. The first kappa shape index (κ1) is 13.8. The quantitative estimate of drug-likeness (QED) is 0.828. The molecule has 110 valence electrons. The van der Waals surface area contributed by atoms with Crippen LogP contribution in [-0.2, 0) is 19.3 Å². The van der Waals surface area contributed by atoms with E-state index in [1.807, 2.05) is 0 Å². The molecule has 1 nitrogen and oxygen atoms in total. The highest BCUT2D eigenvalue weighted by molar-refractivity contribution is 7.16. The van der Waals surface area contributed by atoms with E-state index in [1.165, 1.54) is 54.5 Å². The van der Waals surface area contributed by atoms with Crippen LogP contribution in [0.25, 0.3) is 0 Å². The van der Waals surface area contributed by atoms with E-state index in [4.69, 9.17) is 11.6 Å². The summed E-state index contributed by atoms with van der Waals surface area (Å²) >= 11 is 7.99. The van der Waals surface area contributed by atoms with Crippen LogP contribution in [-0.4, -0.2) is 6.04 Å². The first-order chi connectivity index (χ1) is 10.3. The molecule has 21 heavy (non-hydrogen) atoms. The number of aryl methyl sites for hydroxylation is 2. The van der Waals surface area contributed by atoms with Crippen molar-refractivity contribution in [3.63, 3.8) is 0 Å². The summed E-state index contributed by atoms with van der Waals surface area (Å²) in [5.74, 6) is 0. The van der Waals surface area contributed by atoms with Gasteiger partial charge in [-0.15, -0.1) is 11.3 Å². The Morgan fingerprint density at radius 3 is 2.86 bits per heavy atom. The largest absolute Gasteiger partial charge is 0.307 e. The van der Waals surface area contributed by atoms with Crippen molar-refractivity contribution in [3.8, 4) is 0 Å². The number of fused-ring (bicyclic) bond motifs is 2. The molecule has 0 radical (unpaired) electrons. The molecule has 1 aromatic carbocycles. The summed E-state index contributed by atoms with van der Waals surface area (Å²) < 4.78 is 0.947. The van der Waals surface area contributed by atoms with Gasteiger partial charge in [-0.1, -0.05) is 35.9 Å². The smallest absolute Gasteiger partial charge is 0.0934 e. The van der Waals surface area contributed by atoms with Crippen LogP contribution < -0.4 is 5.32 Å². The summed E-state index contributed by atoms with van der Waals surface area (Å²) in [4.78, 5) is 1.50. The third-order valence-electron chi connectivity index (χ3n) is 4.87. The van der Waals surface area contributed by atoms with Gasteiger partial charge >= 0.3 is 0 Å². The number of thiophene rings is 1. The van der Waals surface area contributed by atoms with Gasteiger partial charge in [-0.05, 0) is 61.3 Å². The Labute approximate surface area is 135 Å². The van der Waals surface area contributed by atoms with E-state index in [2.05, 4.69) is 35.6 Å². The molecule has 4 rings (SSSR count). The maximum atomic E-state index is 6.22. The van der Waals surface area contributed by atoms with Crippen molar-refractivity contribution in [1.29, 1.82) is 0 Å². The van der Waals surface area contributed by atoms with Gasteiger partial charge in [-0.25, -0.2) is 0 Å². The van der Waals surface area contributed by atoms with Crippen LogP contribution in [0.2, 0.25) is 4.34 Å². The predicted octanol–water partition coefficient (Wildman–Crippen LogP) is 4.93. The minimum Gasteiger partial charge on any atom is -0.307 e. The molecule has 2 aliphatic carbocycles. The van der Waals surface area contributed by atoms with E-state index in [1.54, 1.807) is 16.9 Å². The van der Waals surface area contributed by atoms with Crippen LogP contribution in [0, 0.1) is 0 Å². The Morgan fingerprint density at radius 1 is 1.10 bits per heavy atom. The first-order valence-electron chi connectivity index (χ1n) is 7.90. The molecule has 0 spiro atoms. The lowest BCUT2D eigenvalue weighted by Gasteiger charge is -2.32. The Balaban J connectivity index is 1.50. The topological polar surface area (TPSA) is 12.0 Å². The molecule has 0 bridgehead atoms. The van der Waals surface area contributed by atoms with Gasteiger partial charge < -0.3 is 5.32 Å². The Morgan fingerprint density at radius 2 is 1.95 bits per heavy atom. The van der Waals surface area contributed by atoms with E-state index in [0.717, 1.165) is 4.34 Å². The summed E-state index contributed by atoms with van der Waals surface area (Å²) in [6.07, 6.45) is 7.36. The average Bonchev–Trinajstić information content (AvgIpc) is 2.89. The minimum atomic E-state index is 0.507. The second-order valence-corrected chi connectivity index (χ2v) is 8.02. The van der Waals surface area contributed by atoms with Gasteiger partial charge in [0.05, 0.1) is 4.34 Å². The lowest BCUT2D eigenvalue weighted by molar-refractivity contribution is 0.370. The van der Waals surface area contributed by atoms with Crippen LogP contribution in [0.1, 0.15) is 46.9 Å². The van der Waals surface area contributed by atoms with Gasteiger partial charge in [0.25, 0.3) is 0 Å². The molecule has 1 heterocycles. The monoisotopic (exact) mass is 317 g/mol. The maximum absolute atomic E-state index is 6.22. The Bertz CT molecular complexity index is 648. The van der Waals surface area contributed by atoms with Crippen molar-refractivity contribution < 1.29 is 0 Å². The fraction of sp³-hybridized carbons (Fsp3) is 0.444. The lowest BCUT2D eigenvalue weighted by atomic mass is 9.86. The number of benzene rings is 1. The van der Waals surface area contributed by atoms with Crippen molar-refractivity contribution in [2.24, 2.45) is 0 Å². The summed E-state index contributed by atoms with van der Waals surface area (Å²) in [6, 6.07) is 12.2. The third kappa shape index (κ3) is 2.77. The summed E-state index contributed by atoms with van der Waals surface area (Å²) in [6.45, 7) is 0. The van der Waals surface area contributed by atoms with E-state index in [9.17, 15) is 0 Å². The van der Waals surface area contributed by atoms with Crippen LogP contribution in [0.4, 0.5) is 0 Å². The number of hydrogen-bond acceptors (Lipinski definition) is 2. The number of rotatable bonds is 2. The van der Waals surface area contributed by atoms with Crippen molar-refractivity contribution in [3.05, 3.63) is 56.2 Å². The van der Waals surface area contributed by atoms with Crippen LogP contribution >= 0.6 is 22.9 Å². The zero-order chi connectivity index (χ0) is 14.2. The molecule has 1 N–H and O–H groups in total. The van der Waals surface area contributed by atoms with Crippen LogP contribution in [0.5, 0.6) is 0 Å². The summed E-state index contributed by atoms with van der Waals surface area (Å²) in [7, 11) is 0. The maximum Gasteiger partial charge on any atom is 0.0934 e. The molecule has 0 amide bonds. The second kappa shape index (κ2) is 5.75. The summed E-state index contributed by atoms with van der Waals surface area (Å²) in [5, 5.41) is 3.92. The normalized spacial score (nSPS) is 24.4. The standard InChI is InChI=1S/C18H20ClNS/c19-18-11-15-16(6-3-7-17(15)21-18)20-14-9-8-12-4-1-2-5-13(12)10-14/h1-2,4-5,11,14,16,20H,3,6-10H2. The molecule has 2 atom stereocenters. The fourth-order valence-corrected chi connectivity index (χ4v) is 5.20. The molecule has 1 aromatic heterocycles. The van der Waals surface area contributed by atoms with Crippen LogP contribution in [0.3, 0.4) is 0 Å². The number of hydrogen-bond donors (Lipinski definition) is 1. The zero-order valence-electron chi connectivity index (χ0n) is 12.1. The van der Waals surface area contributed by atoms with E-state index < -0.39 is 0 Å². The van der Waals surface area contributed by atoms with Gasteiger partial charge in [0.15, 0.2) is 0 Å². The molecule has 2 aliphatic rings. The van der Waals surface area contributed by atoms with Gasteiger partial charge in [0.1, 0.15) is 0 Å². The molecule has 0 aliphatic heterocycles. The van der Waals surface area contributed by atoms with Gasteiger partial charge in [0.2, 0.25) is 0 Å². The minimum absolute atomic E-state index is 0.507. The molecule has 3 heteroatoms. The van der Waals surface area contributed by atoms with Crippen molar-refractivity contribution in [2.45, 2.75) is 50.6 Å². The molecule has 0 saturated heterocycles. The number of halogens is 1. The molecule has 0 saturated carbocycles. The molecular weight excluding hydrogens is 298 g/mol. The highest BCUT2D eigenvalue weighted by Gasteiger charge is 2.26. The van der Waals surface area contributed by atoms with E-state index in [0.29, 0.717) is 12.1 Å². The molecule has 0 fully saturated rings. The fourth-order valence-electron chi connectivity index (χ4n) is 3.82. The SMILES string of the molecule is Clc1cc2c(s1)CCCC2NC1CCc2ccccc2C1. The summed E-state index contributed by atoms with van der Waals surface area (Å²) in [5.41, 5.74) is 4.54. The van der Waals surface area contributed by atoms with Crippen molar-refractivity contribution >= 4 is 22.9 Å². The molecule has 2 unspecified atom stereocenters. The first-order valence-corrected chi connectivity index (χ1v) is 9.10. The van der Waals surface area contributed by atoms with Gasteiger partial charge in [-0.3, -0.25) is 0 Å². The number of nitrogens with one attached hydrogen (secondary N) is 1. The van der Waals surface area contributed by atoms with E-state index in [-0.39, 0.29) is 0 Å². The zero-order valence-corrected chi connectivity index (χ0v) is 13.6.